The Labute approximate surface area is 128 Å². The third kappa shape index (κ3) is 5.68. The number of amides is 1. The van der Waals surface area contributed by atoms with Gasteiger partial charge in [0.25, 0.3) is 0 Å². The number of unbranched alkanes of at least 4 members (excludes halogenated alkanes) is 2. The Morgan fingerprint density at radius 2 is 1.81 bits per heavy atom. The lowest BCUT2D eigenvalue weighted by Gasteiger charge is -2.27. The molecule has 1 fully saturated rings. The lowest BCUT2D eigenvalue weighted by atomic mass is 9.82. The van der Waals surface area contributed by atoms with Gasteiger partial charge in [0.15, 0.2) is 0 Å². The van der Waals surface area contributed by atoms with E-state index in [-0.39, 0.29) is 17.7 Å². The van der Waals surface area contributed by atoms with Gasteiger partial charge >= 0.3 is 5.97 Å². The lowest BCUT2D eigenvalue weighted by Crippen LogP contribution is -2.39. The monoisotopic (exact) mass is 297 g/mol. The van der Waals surface area contributed by atoms with E-state index < -0.39 is 11.4 Å². The molecule has 0 aromatic rings. The van der Waals surface area contributed by atoms with E-state index in [1.807, 2.05) is 0 Å². The summed E-state index contributed by atoms with van der Waals surface area (Å²) in [6.45, 7) is 7.13. The summed E-state index contributed by atoms with van der Waals surface area (Å²) in [6, 6.07) is 0. The molecule has 0 spiro atoms. The summed E-state index contributed by atoms with van der Waals surface area (Å²) in [5, 5.41) is 12.4. The van der Waals surface area contributed by atoms with Crippen LogP contribution >= 0.6 is 0 Å². The number of carbonyl (C=O) groups excluding carboxylic acids is 1. The van der Waals surface area contributed by atoms with Gasteiger partial charge in [-0.15, -0.1) is 0 Å². The van der Waals surface area contributed by atoms with Crippen LogP contribution in [0.3, 0.4) is 0 Å². The highest BCUT2D eigenvalue weighted by molar-refractivity contribution is 5.85. The second-order valence-corrected chi connectivity index (χ2v) is 7.37. The highest BCUT2D eigenvalue weighted by atomic mass is 16.4. The SMILES string of the molecule is CCCCCC(C)(C)CNC(=O)CC1(C(=O)O)CCCC1. The van der Waals surface area contributed by atoms with Crippen molar-refractivity contribution in [1.29, 1.82) is 0 Å². The molecule has 0 aromatic heterocycles. The zero-order valence-electron chi connectivity index (χ0n) is 13.8. The molecule has 1 amide bonds. The molecule has 2 N–H and O–H groups in total. The molecule has 4 nitrogen and oxygen atoms in total. The number of hydrogen-bond acceptors (Lipinski definition) is 2. The molecule has 0 heterocycles. The molecule has 21 heavy (non-hydrogen) atoms. The lowest BCUT2D eigenvalue weighted by molar-refractivity contribution is -0.151. The maximum Gasteiger partial charge on any atom is 0.310 e. The number of carbonyl (C=O) groups is 2. The Balaban J connectivity index is 2.41. The normalized spacial score (nSPS) is 17.7. The largest absolute Gasteiger partial charge is 0.481 e. The zero-order valence-corrected chi connectivity index (χ0v) is 13.8. The van der Waals surface area contributed by atoms with Crippen molar-refractivity contribution in [2.45, 2.75) is 78.6 Å². The van der Waals surface area contributed by atoms with Crippen molar-refractivity contribution >= 4 is 11.9 Å². The van der Waals surface area contributed by atoms with Crippen molar-refractivity contribution in [1.82, 2.24) is 5.32 Å². The zero-order chi connectivity index (χ0) is 15.9. The fourth-order valence-electron chi connectivity index (χ4n) is 3.17. The standard InChI is InChI=1S/C17H31NO3/c1-4-5-6-9-16(2,3)13-18-14(19)12-17(15(20)21)10-7-8-11-17/h4-13H2,1-3H3,(H,18,19)(H,20,21). The number of hydrogen-bond donors (Lipinski definition) is 2. The molecule has 1 aliphatic rings. The van der Waals surface area contributed by atoms with Gasteiger partial charge in [0.05, 0.1) is 5.41 Å². The van der Waals surface area contributed by atoms with Gasteiger partial charge in [0.1, 0.15) is 0 Å². The van der Waals surface area contributed by atoms with Gasteiger partial charge in [-0.05, 0) is 24.7 Å². The van der Waals surface area contributed by atoms with Gasteiger partial charge in [0, 0.05) is 13.0 Å². The third-order valence-electron chi connectivity index (χ3n) is 4.73. The fraction of sp³-hybridized carbons (Fsp3) is 0.882. The maximum absolute atomic E-state index is 12.1. The molecule has 0 radical (unpaired) electrons. The Kier molecular flexibility index (Phi) is 6.69. The summed E-state index contributed by atoms with van der Waals surface area (Å²) in [7, 11) is 0. The van der Waals surface area contributed by atoms with Gasteiger partial charge in [-0.3, -0.25) is 9.59 Å². The van der Waals surface area contributed by atoms with Gasteiger partial charge < -0.3 is 10.4 Å². The van der Waals surface area contributed by atoms with E-state index >= 15 is 0 Å². The van der Waals surface area contributed by atoms with Crippen molar-refractivity contribution in [2.75, 3.05) is 6.54 Å². The molecule has 0 unspecified atom stereocenters. The van der Waals surface area contributed by atoms with E-state index in [1.54, 1.807) is 0 Å². The van der Waals surface area contributed by atoms with Gasteiger partial charge in [-0.25, -0.2) is 0 Å². The van der Waals surface area contributed by atoms with Crippen LogP contribution in [0.1, 0.15) is 78.6 Å². The summed E-state index contributed by atoms with van der Waals surface area (Å²) in [4.78, 5) is 23.6. The molecule has 0 atom stereocenters. The van der Waals surface area contributed by atoms with Crippen LogP contribution in [-0.2, 0) is 9.59 Å². The van der Waals surface area contributed by atoms with Crippen LogP contribution in [0.4, 0.5) is 0 Å². The van der Waals surface area contributed by atoms with Crippen LogP contribution in [-0.4, -0.2) is 23.5 Å². The van der Waals surface area contributed by atoms with Crippen LogP contribution in [0.25, 0.3) is 0 Å². The minimum absolute atomic E-state index is 0.0803. The van der Waals surface area contributed by atoms with E-state index in [1.165, 1.54) is 19.3 Å². The van der Waals surface area contributed by atoms with Crippen LogP contribution in [0.2, 0.25) is 0 Å². The Morgan fingerprint density at radius 3 is 2.33 bits per heavy atom. The molecule has 0 aromatic carbocycles. The number of carboxylic acids is 1. The Hall–Kier alpha value is -1.06. The first kappa shape index (κ1) is 18.0. The first-order valence-electron chi connectivity index (χ1n) is 8.31. The Morgan fingerprint density at radius 1 is 1.19 bits per heavy atom. The topological polar surface area (TPSA) is 66.4 Å². The number of aliphatic carboxylic acids is 1. The summed E-state index contributed by atoms with van der Waals surface area (Å²) in [6.07, 6.45) is 7.93. The first-order valence-corrected chi connectivity index (χ1v) is 8.31. The second kappa shape index (κ2) is 7.81. The van der Waals surface area contributed by atoms with Crippen molar-refractivity contribution in [2.24, 2.45) is 10.8 Å². The highest BCUT2D eigenvalue weighted by Gasteiger charge is 2.43. The second-order valence-electron chi connectivity index (χ2n) is 7.37. The molecular formula is C17H31NO3. The average molecular weight is 297 g/mol. The quantitative estimate of drug-likeness (QED) is 0.637. The van der Waals surface area contributed by atoms with E-state index in [0.717, 1.165) is 19.3 Å². The Bertz CT molecular complexity index is 357. The maximum atomic E-state index is 12.1. The number of nitrogens with one attached hydrogen (secondary N) is 1. The van der Waals surface area contributed by atoms with Gasteiger partial charge in [-0.2, -0.15) is 0 Å². The van der Waals surface area contributed by atoms with Crippen molar-refractivity contribution in [3.63, 3.8) is 0 Å². The van der Waals surface area contributed by atoms with Crippen LogP contribution in [0.5, 0.6) is 0 Å². The van der Waals surface area contributed by atoms with E-state index in [9.17, 15) is 14.7 Å². The predicted molar refractivity (Wildman–Crippen MR) is 84.1 cm³/mol. The summed E-state index contributed by atoms with van der Waals surface area (Å²) in [5.74, 6) is -0.916. The van der Waals surface area contributed by atoms with E-state index in [0.29, 0.717) is 19.4 Å². The number of carboxylic acid groups (broad SMARTS) is 1. The summed E-state index contributed by atoms with van der Waals surface area (Å²) >= 11 is 0. The summed E-state index contributed by atoms with van der Waals surface area (Å²) < 4.78 is 0. The highest BCUT2D eigenvalue weighted by Crippen LogP contribution is 2.41. The van der Waals surface area contributed by atoms with Crippen molar-refractivity contribution in [3.05, 3.63) is 0 Å². The van der Waals surface area contributed by atoms with Crippen molar-refractivity contribution in [3.8, 4) is 0 Å². The molecule has 0 bridgehead atoms. The predicted octanol–water partition coefficient (Wildman–Crippen LogP) is 3.74. The molecule has 0 aliphatic heterocycles. The third-order valence-corrected chi connectivity index (χ3v) is 4.73. The fourth-order valence-corrected chi connectivity index (χ4v) is 3.17. The molecule has 122 valence electrons. The average Bonchev–Trinajstić information content (AvgIpc) is 2.87. The van der Waals surface area contributed by atoms with E-state index in [2.05, 4.69) is 26.1 Å². The van der Waals surface area contributed by atoms with Crippen LogP contribution in [0.15, 0.2) is 0 Å². The molecule has 1 aliphatic carbocycles. The van der Waals surface area contributed by atoms with Crippen LogP contribution in [0, 0.1) is 10.8 Å². The first-order chi connectivity index (χ1) is 9.81. The van der Waals surface area contributed by atoms with Crippen LogP contribution < -0.4 is 5.32 Å². The van der Waals surface area contributed by atoms with E-state index in [4.69, 9.17) is 0 Å². The molecule has 4 heteroatoms. The van der Waals surface area contributed by atoms with Gasteiger partial charge in [0.2, 0.25) is 5.91 Å². The molecule has 1 rings (SSSR count). The van der Waals surface area contributed by atoms with Crippen molar-refractivity contribution < 1.29 is 14.7 Å². The minimum Gasteiger partial charge on any atom is -0.481 e. The molecule has 0 saturated heterocycles. The smallest absolute Gasteiger partial charge is 0.310 e. The number of rotatable bonds is 9. The summed E-state index contributed by atoms with van der Waals surface area (Å²) in [5.41, 5.74) is -0.729. The van der Waals surface area contributed by atoms with Gasteiger partial charge in [-0.1, -0.05) is 52.9 Å². The molecular weight excluding hydrogens is 266 g/mol. The molecule has 1 saturated carbocycles. The minimum atomic E-state index is -0.809.